The molecule has 0 aliphatic rings. The summed E-state index contributed by atoms with van der Waals surface area (Å²) in [6.45, 7) is 5.03. The molecule has 0 atom stereocenters. The van der Waals surface area contributed by atoms with Crippen molar-refractivity contribution in [2.45, 2.75) is 26.2 Å². The van der Waals surface area contributed by atoms with E-state index in [1.54, 1.807) is 12.1 Å². The van der Waals surface area contributed by atoms with E-state index >= 15 is 0 Å². The molecule has 2 rings (SSSR count). The van der Waals surface area contributed by atoms with Crippen molar-refractivity contribution in [3.8, 4) is 5.75 Å². The highest BCUT2D eigenvalue weighted by atomic mass is 19.1. The summed E-state index contributed by atoms with van der Waals surface area (Å²) in [4.78, 5) is 23.5. The molecule has 0 fully saturated rings. The fraction of sp³-hybridized carbons (Fsp3) is 0.300. The van der Waals surface area contributed by atoms with E-state index in [1.807, 2.05) is 32.9 Å². The Morgan fingerprint density at radius 3 is 2.44 bits per heavy atom. The number of hydrogen-bond acceptors (Lipinski definition) is 4. The van der Waals surface area contributed by atoms with E-state index in [1.165, 1.54) is 0 Å². The molecule has 0 heterocycles. The molecule has 0 aliphatic carbocycles. The van der Waals surface area contributed by atoms with Gasteiger partial charge < -0.3 is 14.8 Å². The Kier molecular flexibility index (Phi) is 6.50. The quantitative estimate of drug-likeness (QED) is 0.778. The van der Waals surface area contributed by atoms with Crippen molar-refractivity contribution in [3.63, 3.8) is 0 Å². The average Bonchev–Trinajstić information content (AvgIpc) is 2.61. The average molecular weight is 377 g/mol. The van der Waals surface area contributed by atoms with Crippen LogP contribution in [0.2, 0.25) is 0 Å². The molecule has 0 saturated heterocycles. The number of carbonyl (C=O) groups is 2. The van der Waals surface area contributed by atoms with Crippen LogP contribution >= 0.6 is 0 Å². The van der Waals surface area contributed by atoms with Gasteiger partial charge in [0.05, 0.1) is 5.69 Å². The van der Waals surface area contributed by atoms with Crippen LogP contribution in [-0.4, -0.2) is 25.1 Å². The third-order valence-electron chi connectivity index (χ3n) is 3.61. The van der Waals surface area contributed by atoms with E-state index in [9.17, 15) is 18.4 Å². The van der Waals surface area contributed by atoms with Crippen LogP contribution < -0.4 is 10.1 Å². The standard InChI is InChI=1S/C20H21F2NO4/c1-20(2,3)14-6-4-5-7-17(14)26-12-19(25)27-11-18(24)23-16-10-13(21)8-9-15(16)22/h4-10H,11-12H2,1-3H3,(H,23,24). The van der Waals surface area contributed by atoms with Gasteiger partial charge in [0, 0.05) is 6.07 Å². The number of para-hydroxylation sites is 1. The number of hydrogen-bond donors (Lipinski definition) is 1. The van der Waals surface area contributed by atoms with E-state index in [4.69, 9.17) is 9.47 Å². The molecule has 0 radical (unpaired) electrons. The number of amides is 1. The van der Waals surface area contributed by atoms with Gasteiger partial charge in [0.2, 0.25) is 0 Å². The first-order valence-electron chi connectivity index (χ1n) is 8.29. The summed E-state index contributed by atoms with van der Waals surface area (Å²) < 4.78 is 36.8. The Labute approximate surface area is 156 Å². The van der Waals surface area contributed by atoms with Gasteiger partial charge in [-0.2, -0.15) is 0 Å². The SMILES string of the molecule is CC(C)(C)c1ccccc1OCC(=O)OCC(=O)Nc1cc(F)ccc1F. The molecular formula is C20H21F2NO4. The molecule has 0 aromatic heterocycles. The number of rotatable bonds is 6. The summed E-state index contributed by atoms with van der Waals surface area (Å²) in [5.41, 5.74) is 0.429. The highest BCUT2D eigenvalue weighted by Gasteiger charge is 2.19. The van der Waals surface area contributed by atoms with Gasteiger partial charge in [-0.3, -0.25) is 4.79 Å². The number of anilines is 1. The first-order valence-corrected chi connectivity index (χ1v) is 8.29. The predicted molar refractivity (Wildman–Crippen MR) is 96.6 cm³/mol. The lowest BCUT2D eigenvalue weighted by molar-refractivity contribution is -0.149. The van der Waals surface area contributed by atoms with E-state index in [-0.39, 0.29) is 17.7 Å². The topological polar surface area (TPSA) is 64.6 Å². The Hall–Kier alpha value is -2.96. The third kappa shape index (κ3) is 6.06. The van der Waals surface area contributed by atoms with Gasteiger partial charge in [-0.25, -0.2) is 13.6 Å². The van der Waals surface area contributed by atoms with Gasteiger partial charge in [0.1, 0.15) is 17.4 Å². The lowest BCUT2D eigenvalue weighted by Gasteiger charge is -2.22. The van der Waals surface area contributed by atoms with Crippen LogP contribution in [-0.2, 0) is 19.7 Å². The van der Waals surface area contributed by atoms with Crippen molar-refractivity contribution in [2.24, 2.45) is 0 Å². The van der Waals surface area contributed by atoms with Crippen LogP contribution in [0.1, 0.15) is 26.3 Å². The molecule has 0 bridgehead atoms. The zero-order valence-corrected chi connectivity index (χ0v) is 15.3. The molecule has 0 aliphatic heterocycles. The third-order valence-corrected chi connectivity index (χ3v) is 3.61. The number of ether oxygens (including phenoxy) is 2. The smallest absolute Gasteiger partial charge is 0.344 e. The summed E-state index contributed by atoms with van der Waals surface area (Å²) in [5, 5.41) is 2.14. The van der Waals surface area contributed by atoms with Crippen molar-refractivity contribution < 1.29 is 27.8 Å². The molecule has 7 heteroatoms. The predicted octanol–water partition coefficient (Wildman–Crippen LogP) is 3.82. The number of benzene rings is 2. The van der Waals surface area contributed by atoms with E-state index in [0.29, 0.717) is 5.75 Å². The van der Waals surface area contributed by atoms with Crippen LogP contribution in [0.5, 0.6) is 5.75 Å². The molecule has 5 nitrogen and oxygen atoms in total. The van der Waals surface area contributed by atoms with Gasteiger partial charge in [-0.05, 0) is 29.2 Å². The zero-order chi connectivity index (χ0) is 20.0. The number of carbonyl (C=O) groups excluding carboxylic acids is 2. The Morgan fingerprint density at radius 2 is 1.74 bits per heavy atom. The minimum Gasteiger partial charge on any atom is -0.482 e. The maximum atomic E-state index is 13.5. The van der Waals surface area contributed by atoms with Crippen LogP contribution in [0, 0.1) is 11.6 Å². The molecule has 1 amide bonds. The second kappa shape index (κ2) is 8.62. The lowest BCUT2D eigenvalue weighted by atomic mass is 9.86. The van der Waals surface area contributed by atoms with Crippen molar-refractivity contribution in [1.82, 2.24) is 0 Å². The molecular weight excluding hydrogens is 356 g/mol. The summed E-state index contributed by atoms with van der Waals surface area (Å²) >= 11 is 0. The van der Waals surface area contributed by atoms with Crippen LogP contribution in [0.25, 0.3) is 0 Å². The summed E-state index contributed by atoms with van der Waals surface area (Å²) in [7, 11) is 0. The zero-order valence-electron chi connectivity index (χ0n) is 15.3. The molecule has 144 valence electrons. The fourth-order valence-electron chi connectivity index (χ4n) is 2.32. The Morgan fingerprint density at radius 1 is 1.04 bits per heavy atom. The maximum Gasteiger partial charge on any atom is 0.344 e. The molecule has 0 saturated carbocycles. The van der Waals surface area contributed by atoms with Gasteiger partial charge >= 0.3 is 5.97 Å². The van der Waals surface area contributed by atoms with Crippen molar-refractivity contribution >= 4 is 17.6 Å². The van der Waals surface area contributed by atoms with Crippen LogP contribution in [0.4, 0.5) is 14.5 Å². The van der Waals surface area contributed by atoms with Crippen molar-refractivity contribution in [2.75, 3.05) is 18.5 Å². The number of halogens is 2. The Bertz CT molecular complexity index is 831. The highest BCUT2D eigenvalue weighted by Crippen LogP contribution is 2.30. The monoisotopic (exact) mass is 377 g/mol. The fourth-order valence-corrected chi connectivity index (χ4v) is 2.32. The molecule has 0 unspecified atom stereocenters. The Balaban J connectivity index is 1.85. The van der Waals surface area contributed by atoms with E-state index < -0.39 is 30.1 Å². The van der Waals surface area contributed by atoms with E-state index in [0.717, 1.165) is 23.8 Å². The van der Waals surface area contributed by atoms with Crippen molar-refractivity contribution in [1.29, 1.82) is 0 Å². The second-order valence-electron chi connectivity index (χ2n) is 6.87. The lowest BCUT2D eigenvalue weighted by Crippen LogP contribution is -2.24. The molecule has 27 heavy (non-hydrogen) atoms. The number of nitrogens with one attached hydrogen (secondary N) is 1. The second-order valence-corrected chi connectivity index (χ2v) is 6.87. The van der Waals surface area contributed by atoms with Gasteiger partial charge in [0.25, 0.3) is 5.91 Å². The first kappa shape index (κ1) is 20.4. The molecule has 2 aromatic rings. The minimum atomic E-state index is -0.793. The maximum absolute atomic E-state index is 13.5. The van der Waals surface area contributed by atoms with Gasteiger partial charge in [-0.1, -0.05) is 39.0 Å². The van der Waals surface area contributed by atoms with Crippen LogP contribution in [0.15, 0.2) is 42.5 Å². The van der Waals surface area contributed by atoms with Gasteiger partial charge in [0.15, 0.2) is 13.2 Å². The number of esters is 1. The minimum absolute atomic E-state index is 0.171. The largest absolute Gasteiger partial charge is 0.482 e. The normalized spacial score (nSPS) is 11.0. The van der Waals surface area contributed by atoms with Crippen molar-refractivity contribution in [3.05, 3.63) is 59.7 Å². The molecule has 0 spiro atoms. The van der Waals surface area contributed by atoms with Gasteiger partial charge in [-0.15, -0.1) is 0 Å². The molecule has 1 N–H and O–H groups in total. The first-order chi connectivity index (χ1) is 12.7. The summed E-state index contributed by atoms with van der Waals surface area (Å²) in [5.74, 6) is -2.49. The molecule has 2 aromatic carbocycles. The van der Waals surface area contributed by atoms with E-state index in [2.05, 4.69) is 5.32 Å². The highest BCUT2D eigenvalue weighted by molar-refractivity contribution is 5.92. The van der Waals surface area contributed by atoms with Crippen LogP contribution in [0.3, 0.4) is 0 Å². The summed E-state index contributed by atoms with van der Waals surface area (Å²) in [6.07, 6.45) is 0. The summed E-state index contributed by atoms with van der Waals surface area (Å²) in [6, 6.07) is 9.96.